The van der Waals surface area contributed by atoms with Gasteiger partial charge in [0.05, 0.1) is 5.69 Å². The van der Waals surface area contributed by atoms with Gasteiger partial charge in [0.15, 0.2) is 4.96 Å². The van der Waals surface area contributed by atoms with Crippen LogP contribution in [-0.4, -0.2) is 20.5 Å². The van der Waals surface area contributed by atoms with E-state index in [1.807, 2.05) is 0 Å². The van der Waals surface area contributed by atoms with Crippen LogP contribution in [0, 0.1) is 5.82 Å². The molecular formula is C15H8ClFN2O3S. The molecule has 3 aromatic rings. The number of carboxylic acids is 1. The van der Waals surface area contributed by atoms with Crippen LogP contribution in [-0.2, 0) is 0 Å². The molecule has 1 aromatic carbocycles. The van der Waals surface area contributed by atoms with Gasteiger partial charge < -0.3 is 5.11 Å². The Bertz CT molecular complexity index is 1010. The number of rotatable bonds is 3. The molecule has 0 spiro atoms. The largest absolute Gasteiger partial charge is 0.477 e. The molecule has 0 amide bonds. The standard InChI is InChI=1S/C15H8ClFN2O3S/c16-12-10(6-5-8-3-1-2-4-9(8)17)18-15-19(13(12)20)7-11(23-15)14(21)22/h1-7H,(H,21,22)/b6-5+. The minimum Gasteiger partial charge on any atom is -0.477 e. The second-order valence-electron chi connectivity index (χ2n) is 4.52. The number of benzene rings is 1. The molecule has 3 rings (SSSR count). The first kappa shape index (κ1) is 15.4. The second kappa shape index (κ2) is 5.94. The molecule has 23 heavy (non-hydrogen) atoms. The van der Waals surface area contributed by atoms with Crippen molar-refractivity contribution in [2.24, 2.45) is 0 Å². The summed E-state index contributed by atoms with van der Waals surface area (Å²) >= 11 is 6.84. The van der Waals surface area contributed by atoms with Gasteiger partial charge in [0.2, 0.25) is 0 Å². The molecule has 0 aliphatic carbocycles. The predicted molar refractivity (Wildman–Crippen MR) is 86.6 cm³/mol. The van der Waals surface area contributed by atoms with E-state index in [1.165, 1.54) is 24.4 Å². The van der Waals surface area contributed by atoms with E-state index in [-0.39, 0.29) is 20.6 Å². The molecule has 116 valence electrons. The molecule has 2 aromatic heterocycles. The molecule has 8 heteroatoms. The van der Waals surface area contributed by atoms with E-state index in [1.54, 1.807) is 18.2 Å². The fourth-order valence-electron chi connectivity index (χ4n) is 1.92. The van der Waals surface area contributed by atoms with Crippen molar-refractivity contribution >= 4 is 46.0 Å². The van der Waals surface area contributed by atoms with Gasteiger partial charge in [0, 0.05) is 11.8 Å². The van der Waals surface area contributed by atoms with Gasteiger partial charge in [0.25, 0.3) is 5.56 Å². The Hall–Kier alpha value is -2.51. The fraction of sp³-hybridized carbons (Fsp3) is 0. The summed E-state index contributed by atoms with van der Waals surface area (Å²) in [5.74, 6) is -1.57. The van der Waals surface area contributed by atoms with Gasteiger partial charge in [-0.1, -0.05) is 41.1 Å². The molecule has 0 radical (unpaired) electrons. The number of nitrogens with zero attached hydrogens (tertiary/aromatic N) is 2. The van der Waals surface area contributed by atoms with E-state index < -0.39 is 17.3 Å². The quantitative estimate of drug-likeness (QED) is 0.785. The van der Waals surface area contributed by atoms with Crippen molar-refractivity contribution in [3.63, 3.8) is 0 Å². The summed E-state index contributed by atoms with van der Waals surface area (Å²) in [5.41, 5.74) is -0.102. The maximum atomic E-state index is 13.6. The Balaban J connectivity index is 2.11. The lowest BCUT2D eigenvalue weighted by atomic mass is 10.2. The van der Waals surface area contributed by atoms with Gasteiger partial charge in [-0.05, 0) is 18.2 Å². The zero-order chi connectivity index (χ0) is 16.6. The summed E-state index contributed by atoms with van der Waals surface area (Å²) in [6, 6.07) is 6.12. The number of fused-ring (bicyclic) bond motifs is 1. The molecule has 0 atom stereocenters. The van der Waals surface area contributed by atoms with Gasteiger partial charge in [0.1, 0.15) is 15.7 Å². The summed E-state index contributed by atoms with van der Waals surface area (Å²) in [6.45, 7) is 0. The lowest BCUT2D eigenvalue weighted by molar-refractivity contribution is 0.0701. The van der Waals surface area contributed by atoms with E-state index in [0.717, 1.165) is 15.7 Å². The van der Waals surface area contributed by atoms with Gasteiger partial charge in [-0.3, -0.25) is 9.20 Å². The zero-order valence-electron chi connectivity index (χ0n) is 11.4. The Morgan fingerprint density at radius 3 is 2.78 bits per heavy atom. The molecule has 0 bridgehead atoms. The van der Waals surface area contributed by atoms with Crippen LogP contribution in [0.2, 0.25) is 5.02 Å². The Labute approximate surface area is 137 Å². The first-order valence-corrected chi connectivity index (χ1v) is 7.54. The van der Waals surface area contributed by atoms with Gasteiger partial charge >= 0.3 is 5.97 Å². The average molecular weight is 351 g/mol. The highest BCUT2D eigenvalue weighted by atomic mass is 35.5. The number of aromatic carboxylic acids is 1. The van der Waals surface area contributed by atoms with Crippen LogP contribution in [0.3, 0.4) is 0 Å². The highest BCUT2D eigenvalue weighted by Gasteiger charge is 2.15. The van der Waals surface area contributed by atoms with Crippen molar-refractivity contribution in [2.45, 2.75) is 0 Å². The van der Waals surface area contributed by atoms with Crippen molar-refractivity contribution in [3.05, 3.63) is 67.8 Å². The maximum Gasteiger partial charge on any atom is 0.347 e. The summed E-state index contributed by atoms with van der Waals surface area (Å²) in [6.07, 6.45) is 4.04. The monoisotopic (exact) mass is 350 g/mol. The molecule has 0 saturated heterocycles. The number of hydrogen-bond acceptors (Lipinski definition) is 4. The smallest absolute Gasteiger partial charge is 0.347 e. The lowest BCUT2D eigenvalue weighted by Gasteiger charge is -1.99. The third-order valence-electron chi connectivity index (χ3n) is 3.04. The molecular weight excluding hydrogens is 343 g/mol. The molecule has 0 saturated carbocycles. The molecule has 0 aliphatic heterocycles. The van der Waals surface area contributed by atoms with E-state index in [9.17, 15) is 14.0 Å². The normalized spacial score (nSPS) is 11.4. The van der Waals surface area contributed by atoms with Gasteiger partial charge in [-0.15, -0.1) is 0 Å². The lowest BCUT2D eigenvalue weighted by Crippen LogP contribution is -2.14. The van der Waals surface area contributed by atoms with Gasteiger partial charge in [-0.2, -0.15) is 0 Å². The zero-order valence-corrected chi connectivity index (χ0v) is 12.9. The summed E-state index contributed by atoms with van der Waals surface area (Å²) in [5, 5.41) is 8.81. The fourth-order valence-corrected chi connectivity index (χ4v) is 2.94. The van der Waals surface area contributed by atoms with Crippen molar-refractivity contribution in [2.75, 3.05) is 0 Å². The van der Waals surface area contributed by atoms with E-state index in [4.69, 9.17) is 16.7 Å². The molecule has 2 heterocycles. The minimum absolute atomic E-state index is 0.0269. The number of hydrogen-bond donors (Lipinski definition) is 1. The minimum atomic E-state index is -1.15. The average Bonchev–Trinajstić information content (AvgIpc) is 2.95. The van der Waals surface area contributed by atoms with Crippen LogP contribution < -0.4 is 5.56 Å². The number of halogens is 2. The van der Waals surface area contributed by atoms with Crippen LogP contribution in [0.1, 0.15) is 20.9 Å². The van der Waals surface area contributed by atoms with Crippen LogP contribution in [0.25, 0.3) is 17.1 Å². The molecule has 0 fully saturated rings. The molecule has 1 N–H and O–H groups in total. The van der Waals surface area contributed by atoms with Gasteiger partial charge in [-0.25, -0.2) is 14.2 Å². The highest BCUT2D eigenvalue weighted by Crippen LogP contribution is 2.20. The summed E-state index contributed by atoms with van der Waals surface area (Å²) < 4.78 is 14.7. The Morgan fingerprint density at radius 2 is 2.09 bits per heavy atom. The van der Waals surface area contributed by atoms with Crippen LogP contribution in [0.4, 0.5) is 4.39 Å². The van der Waals surface area contributed by atoms with E-state index >= 15 is 0 Å². The predicted octanol–water partition coefficient (Wildman–Crippen LogP) is 3.42. The highest BCUT2D eigenvalue weighted by molar-refractivity contribution is 7.18. The Morgan fingerprint density at radius 1 is 1.35 bits per heavy atom. The number of carboxylic acid groups (broad SMARTS) is 1. The van der Waals surface area contributed by atoms with Crippen LogP contribution in [0.5, 0.6) is 0 Å². The molecule has 0 unspecified atom stereocenters. The third-order valence-corrected chi connectivity index (χ3v) is 4.36. The Kier molecular flexibility index (Phi) is 3.97. The van der Waals surface area contributed by atoms with Crippen LogP contribution in [0.15, 0.2) is 35.3 Å². The van der Waals surface area contributed by atoms with E-state index in [0.29, 0.717) is 5.56 Å². The number of aromatic nitrogens is 2. The van der Waals surface area contributed by atoms with Crippen molar-refractivity contribution < 1.29 is 14.3 Å². The second-order valence-corrected chi connectivity index (χ2v) is 5.91. The SMILES string of the molecule is O=C(O)c1cn2c(=O)c(Cl)c(/C=C/c3ccccc3F)nc2s1. The molecule has 0 aliphatic rings. The van der Waals surface area contributed by atoms with Crippen LogP contribution >= 0.6 is 22.9 Å². The topological polar surface area (TPSA) is 71.7 Å². The number of thiazole rings is 1. The number of carbonyl (C=O) groups is 1. The maximum absolute atomic E-state index is 13.6. The molecule has 5 nitrogen and oxygen atoms in total. The van der Waals surface area contributed by atoms with E-state index in [2.05, 4.69) is 4.98 Å². The van der Waals surface area contributed by atoms with Crippen molar-refractivity contribution in [1.82, 2.24) is 9.38 Å². The third kappa shape index (κ3) is 2.88. The van der Waals surface area contributed by atoms with Crippen molar-refractivity contribution in [3.8, 4) is 0 Å². The summed E-state index contributed by atoms with van der Waals surface area (Å²) in [7, 11) is 0. The first-order chi connectivity index (χ1) is 11.0. The summed E-state index contributed by atoms with van der Waals surface area (Å²) in [4.78, 5) is 27.5. The van der Waals surface area contributed by atoms with Crippen molar-refractivity contribution in [1.29, 1.82) is 0 Å². The first-order valence-electron chi connectivity index (χ1n) is 6.35.